The van der Waals surface area contributed by atoms with E-state index in [-0.39, 0.29) is 5.41 Å². The van der Waals surface area contributed by atoms with Crippen molar-refractivity contribution in [2.75, 3.05) is 4.90 Å². The molecule has 0 saturated carbocycles. The summed E-state index contributed by atoms with van der Waals surface area (Å²) >= 11 is 0. The molecule has 2 heteroatoms. The molecule has 11 rings (SSSR count). The van der Waals surface area contributed by atoms with Gasteiger partial charge in [0.15, 0.2) is 5.75 Å². The molecule has 57 heavy (non-hydrogen) atoms. The summed E-state index contributed by atoms with van der Waals surface area (Å²) in [4.78, 5) is 2.40. The van der Waals surface area contributed by atoms with Crippen LogP contribution in [0.5, 0.6) is 11.5 Å². The van der Waals surface area contributed by atoms with E-state index in [4.69, 9.17) is 4.74 Å². The van der Waals surface area contributed by atoms with Gasteiger partial charge in [0.25, 0.3) is 0 Å². The number of fused-ring (bicyclic) bond motifs is 9. The minimum absolute atomic E-state index is 0.154. The third kappa shape index (κ3) is 5.40. The van der Waals surface area contributed by atoms with Crippen LogP contribution in [-0.2, 0) is 5.41 Å². The summed E-state index contributed by atoms with van der Waals surface area (Å²) < 4.78 is 7.31. The van der Waals surface area contributed by atoms with Gasteiger partial charge in [-0.1, -0.05) is 159 Å². The standard InChI is InChI=1S/C55H39NO/c1-55(2)50-25-12-11-23-44(50)45-29-28-43(35-51(45)55)56(42-22-13-21-38(31-42)36-15-5-3-6-16-36)52-26-14-24-46-47-32-39-19-9-10-20-40(39)33-48(47)49-34-41(37-17-7-4-8-18-37)27-30-53(49)57-54(46)52/h3-35H,1-2H3. The van der Waals surface area contributed by atoms with E-state index in [2.05, 4.69) is 219 Å². The largest absolute Gasteiger partial charge is 0.454 e. The topological polar surface area (TPSA) is 12.5 Å². The van der Waals surface area contributed by atoms with Gasteiger partial charge in [0, 0.05) is 27.9 Å². The molecule has 270 valence electrons. The molecule has 0 spiro atoms. The highest BCUT2D eigenvalue weighted by molar-refractivity contribution is 6.02. The van der Waals surface area contributed by atoms with Gasteiger partial charge in [0.1, 0.15) is 5.75 Å². The smallest absolute Gasteiger partial charge is 0.159 e. The zero-order valence-electron chi connectivity index (χ0n) is 31.9. The highest BCUT2D eigenvalue weighted by atomic mass is 16.5. The van der Waals surface area contributed by atoms with E-state index in [0.717, 1.165) is 61.9 Å². The second-order valence-corrected chi connectivity index (χ2v) is 15.7. The fourth-order valence-corrected chi connectivity index (χ4v) is 9.17. The van der Waals surface area contributed by atoms with E-state index < -0.39 is 0 Å². The molecule has 0 saturated heterocycles. The average molecular weight is 730 g/mol. The Bertz CT molecular complexity index is 3020. The molecule has 0 bridgehead atoms. The molecule has 0 atom stereocenters. The Kier molecular flexibility index (Phi) is 7.55. The molecule has 9 aromatic rings. The molecule has 2 nitrogen and oxygen atoms in total. The molecule has 1 heterocycles. The van der Waals surface area contributed by atoms with E-state index >= 15 is 0 Å². The van der Waals surface area contributed by atoms with Crippen LogP contribution in [0.1, 0.15) is 25.0 Å². The lowest BCUT2D eigenvalue weighted by Gasteiger charge is -2.30. The lowest BCUT2D eigenvalue weighted by atomic mass is 9.82. The minimum Gasteiger partial charge on any atom is -0.454 e. The van der Waals surface area contributed by atoms with E-state index in [9.17, 15) is 0 Å². The Morgan fingerprint density at radius 3 is 1.70 bits per heavy atom. The zero-order valence-corrected chi connectivity index (χ0v) is 31.9. The Morgan fingerprint density at radius 2 is 0.947 bits per heavy atom. The maximum atomic E-state index is 7.31. The first-order chi connectivity index (χ1) is 28.0. The first-order valence-electron chi connectivity index (χ1n) is 19.8. The number of nitrogens with zero attached hydrogens (tertiary/aromatic N) is 1. The maximum absolute atomic E-state index is 7.31. The van der Waals surface area contributed by atoms with Crippen molar-refractivity contribution in [3.8, 4) is 67.1 Å². The van der Waals surface area contributed by atoms with Crippen molar-refractivity contribution in [3.05, 3.63) is 211 Å². The van der Waals surface area contributed by atoms with Crippen molar-refractivity contribution in [1.82, 2.24) is 0 Å². The molecule has 0 unspecified atom stereocenters. The van der Waals surface area contributed by atoms with E-state index in [0.29, 0.717) is 0 Å². The summed E-state index contributed by atoms with van der Waals surface area (Å²) in [5.74, 6) is 1.66. The third-order valence-electron chi connectivity index (χ3n) is 12.0. The van der Waals surface area contributed by atoms with E-state index in [1.165, 1.54) is 44.2 Å². The Morgan fingerprint density at radius 1 is 0.368 bits per heavy atom. The summed E-state index contributed by atoms with van der Waals surface area (Å²) in [7, 11) is 0. The van der Waals surface area contributed by atoms with Gasteiger partial charge in [-0.3, -0.25) is 0 Å². The molecule has 1 aliphatic heterocycles. The van der Waals surface area contributed by atoms with Gasteiger partial charge < -0.3 is 9.64 Å². The Hall–Kier alpha value is -7.16. The minimum atomic E-state index is -0.154. The number of anilines is 3. The van der Waals surface area contributed by atoms with E-state index in [1.807, 2.05) is 0 Å². The molecule has 0 amide bonds. The number of hydrogen-bond donors (Lipinski definition) is 0. The lowest BCUT2D eigenvalue weighted by molar-refractivity contribution is 0.489. The van der Waals surface area contributed by atoms with Crippen molar-refractivity contribution in [2.24, 2.45) is 0 Å². The van der Waals surface area contributed by atoms with Crippen LogP contribution in [-0.4, -0.2) is 0 Å². The second kappa shape index (κ2) is 13.0. The summed E-state index contributed by atoms with van der Waals surface area (Å²) in [5.41, 5.74) is 17.4. The summed E-state index contributed by atoms with van der Waals surface area (Å²) in [6.45, 7) is 4.70. The van der Waals surface area contributed by atoms with Crippen LogP contribution < -0.4 is 9.64 Å². The number of rotatable bonds is 5. The molecule has 0 fully saturated rings. The summed E-state index contributed by atoms with van der Waals surface area (Å²) in [6, 6.07) is 72.6. The lowest BCUT2D eigenvalue weighted by Crippen LogP contribution is -2.17. The SMILES string of the molecule is CC1(C)c2ccccc2-c2ccc(N(c3cccc(-c4ccccc4)c3)c3cccc4c3Oc3ccc(-c5ccccc5)cc3-c3cc5ccccc5cc3-4)cc21. The van der Waals surface area contributed by atoms with E-state index in [1.54, 1.807) is 0 Å². The zero-order chi connectivity index (χ0) is 38.1. The van der Waals surface area contributed by atoms with Gasteiger partial charge in [-0.05, 0) is 121 Å². The predicted octanol–water partition coefficient (Wildman–Crippen LogP) is 15.4. The normalized spacial score (nSPS) is 13.0. The number of benzene rings is 9. The molecule has 2 aliphatic rings. The number of para-hydroxylation sites is 1. The highest BCUT2D eigenvalue weighted by Crippen LogP contribution is 2.55. The molecular formula is C55H39NO. The third-order valence-corrected chi connectivity index (χ3v) is 12.0. The monoisotopic (exact) mass is 729 g/mol. The maximum Gasteiger partial charge on any atom is 0.159 e. The average Bonchev–Trinajstić information content (AvgIpc) is 3.40. The first-order valence-corrected chi connectivity index (χ1v) is 19.8. The van der Waals surface area contributed by atoms with Crippen molar-refractivity contribution < 1.29 is 4.74 Å². The van der Waals surface area contributed by atoms with Crippen LogP contribution in [0, 0.1) is 0 Å². The quantitative estimate of drug-likeness (QED) is 0.175. The van der Waals surface area contributed by atoms with Crippen molar-refractivity contribution in [3.63, 3.8) is 0 Å². The predicted molar refractivity (Wildman–Crippen MR) is 238 cm³/mol. The van der Waals surface area contributed by atoms with Crippen LogP contribution in [0.25, 0.3) is 66.4 Å². The number of hydrogen-bond acceptors (Lipinski definition) is 2. The molecular weight excluding hydrogens is 691 g/mol. The van der Waals surface area contributed by atoms with Gasteiger partial charge in [0.05, 0.1) is 5.69 Å². The van der Waals surface area contributed by atoms with Crippen LogP contribution in [0.15, 0.2) is 200 Å². The van der Waals surface area contributed by atoms with Crippen LogP contribution in [0.4, 0.5) is 17.1 Å². The molecule has 0 radical (unpaired) electrons. The van der Waals surface area contributed by atoms with Gasteiger partial charge in [-0.2, -0.15) is 0 Å². The van der Waals surface area contributed by atoms with Crippen LogP contribution in [0.3, 0.4) is 0 Å². The molecule has 1 aliphatic carbocycles. The fourth-order valence-electron chi connectivity index (χ4n) is 9.17. The summed E-state index contributed by atoms with van der Waals surface area (Å²) in [5, 5.41) is 2.40. The van der Waals surface area contributed by atoms with Gasteiger partial charge >= 0.3 is 0 Å². The van der Waals surface area contributed by atoms with Gasteiger partial charge in [-0.25, -0.2) is 0 Å². The Balaban J connectivity index is 1.16. The molecule has 0 aromatic heterocycles. The Labute approximate surface area is 333 Å². The van der Waals surface area contributed by atoms with Crippen LogP contribution in [0.2, 0.25) is 0 Å². The number of ether oxygens (including phenoxy) is 1. The fraction of sp³-hybridized carbons (Fsp3) is 0.0545. The van der Waals surface area contributed by atoms with Crippen molar-refractivity contribution in [1.29, 1.82) is 0 Å². The van der Waals surface area contributed by atoms with Gasteiger partial charge in [0.2, 0.25) is 0 Å². The highest BCUT2D eigenvalue weighted by Gasteiger charge is 2.36. The van der Waals surface area contributed by atoms with Crippen LogP contribution >= 0.6 is 0 Å². The first kappa shape index (κ1) is 33.2. The van der Waals surface area contributed by atoms with Gasteiger partial charge in [-0.15, -0.1) is 0 Å². The van der Waals surface area contributed by atoms with Crippen molar-refractivity contribution >= 4 is 27.8 Å². The molecule has 9 aromatic carbocycles. The summed E-state index contributed by atoms with van der Waals surface area (Å²) in [6.07, 6.45) is 0. The second-order valence-electron chi connectivity index (χ2n) is 15.7. The van der Waals surface area contributed by atoms with Crippen molar-refractivity contribution in [2.45, 2.75) is 19.3 Å². The molecule has 0 N–H and O–H groups in total.